The zero-order chi connectivity index (χ0) is 22.6. The molecule has 0 bridgehead atoms. The number of nitrogens with zero attached hydrogens (tertiary/aromatic N) is 5. The molecule has 0 unspecified atom stereocenters. The van der Waals surface area contributed by atoms with Gasteiger partial charge < -0.3 is 10.1 Å². The number of benzene rings is 1. The van der Waals surface area contributed by atoms with E-state index in [4.69, 9.17) is 4.74 Å². The van der Waals surface area contributed by atoms with Gasteiger partial charge in [-0.05, 0) is 53.7 Å². The SMILES string of the molecule is COc1ccc(NC(=O)Nc2nnc(Sc3ncnc4scc(-c5ccncc5)c34)s2)cc1. The van der Waals surface area contributed by atoms with Crippen LogP contribution < -0.4 is 15.4 Å². The van der Waals surface area contributed by atoms with Gasteiger partial charge in [0.15, 0.2) is 4.34 Å². The molecule has 0 spiro atoms. The van der Waals surface area contributed by atoms with Crippen LogP contribution in [0.5, 0.6) is 5.75 Å². The number of methoxy groups -OCH3 is 1. The predicted molar refractivity (Wildman–Crippen MR) is 130 cm³/mol. The Labute approximate surface area is 200 Å². The van der Waals surface area contributed by atoms with E-state index < -0.39 is 6.03 Å². The maximum absolute atomic E-state index is 12.3. The van der Waals surface area contributed by atoms with Gasteiger partial charge in [-0.2, -0.15) is 0 Å². The van der Waals surface area contributed by atoms with E-state index in [0.29, 0.717) is 20.9 Å². The fourth-order valence-electron chi connectivity index (χ4n) is 2.99. The van der Waals surface area contributed by atoms with Crippen molar-refractivity contribution in [3.05, 3.63) is 60.5 Å². The van der Waals surface area contributed by atoms with Gasteiger partial charge in [-0.3, -0.25) is 10.3 Å². The molecule has 0 aliphatic rings. The summed E-state index contributed by atoms with van der Waals surface area (Å²) in [5.74, 6) is 0.711. The predicted octanol–water partition coefficient (Wildman–Crippen LogP) is 5.41. The Morgan fingerprint density at radius 3 is 2.64 bits per heavy atom. The lowest BCUT2D eigenvalue weighted by atomic mass is 10.1. The van der Waals surface area contributed by atoms with E-state index in [1.165, 1.54) is 23.1 Å². The molecule has 0 radical (unpaired) electrons. The lowest BCUT2D eigenvalue weighted by Crippen LogP contribution is -2.19. The molecule has 0 aliphatic heterocycles. The van der Waals surface area contributed by atoms with Crippen molar-refractivity contribution in [2.75, 3.05) is 17.7 Å². The Morgan fingerprint density at radius 1 is 1.03 bits per heavy atom. The van der Waals surface area contributed by atoms with Gasteiger partial charge in [0.05, 0.1) is 12.5 Å². The summed E-state index contributed by atoms with van der Waals surface area (Å²) < 4.78 is 5.77. The Bertz CT molecular complexity index is 1400. The molecule has 9 nitrogen and oxygen atoms in total. The molecule has 4 heterocycles. The second-order valence-corrected chi connectivity index (χ2v) is 9.60. The minimum Gasteiger partial charge on any atom is -0.497 e. The third-order valence-corrected chi connectivity index (χ3v) is 7.26. The van der Waals surface area contributed by atoms with E-state index in [1.807, 2.05) is 12.1 Å². The van der Waals surface area contributed by atoms with E-state index in [0.717, 1.165) is 26.4 Å². The largest absolute Gasteiger partial charge is 0.497 e. The van der Waals surface area contributed by atoms with Crippen LogP contribution in [0.1, 0.15) is 0 Å². The van der Waals surface area contributed by atoms with Crippen LogP contribution in [0.3, 0.4) is 0 Å². The number of ether oxygens (including phenoxy) is 1. The van der Waals surface area contributed by atoms with E-state index in [2.05, 4.69) is 41.2 Å². The summed E-state index contributed by atoms with van der Waals surface area (Å²) in [5.41, 5.74) is 2.72. The quantitative estimate of drug-likeness (QED) is 0.238. The maximum atomic E-state index is 12.3. The van der Waals surface area contributed by atoms with Crippen LogP contribution in [0.15, 0.2) is 69.9 Å². The van der Waals surface area contributed by atoms with E-state index in [-0.39, 0.29) is 0 Å². The minimum absolute atomic E-state index is 0.383. The molecule has 0 saturated carbocycles. The number of anilines is 2. The highest BCUT2D eigenvalue weighted by Crippen LogP contribution is 2.40. The zero-order valence-corrected chi connectivity index (χ0v) is 19.5. The number of aromatic nitrogens is 5. The van der Waals surface area contributed by atoms with Crippen LogP contribution in [-0.4, -0.2) is 38.3 Å². The molecule has 2 amide bonds. The number of hydrogen-bond donors (Lipinski definition) is 2. The van der Waals surface area contributed by atoms with Gasteiger partial charge in [0.25, 0.3) is 0 Å². The van der Waals surface area contributed by atoms with Crippen molar-refractivity contribution in [1.82, 2.24) is 25.1 Å². The molecule has 5 rings (SSSR count). The van der Waals surface area contributed by atoms with Crippen molar-refractivity contribution in [3.8, 4) is 16.9 Å². The third kappa shape index (κ3) is 4.77. The van der Waals surface area contributed by atoms with Crippen molar-refractivity contribution in [1.29, 1.82) is 0 Å². The first-order chi connectivity index (χ1) is 16.2. The summed E-state index contributed by atoms with van der Waals surface area (Å²) in [6.07, 6.45) is 5.06. The van der Waals surface area contributed by atoms with Gasteiger partial charge in [-0.25, -0.2) is 14.8 Å². The number of rotatable bonds is 6. The number of hydrogen-bond acceptors (Lipinski definition) is 10. The highest BCUT2D eigenvalue weighted by molar-refractivity contribution is 8.01. The monoisotopic (exact) mass is 493 g/mol. The number of pyridine rings is 1. The standard InChI is InChI=1S/C21H15N7O2S3/c1-30-14-4-2-13(3-5-14)25-19(29)26-20-27-28-21(33-20)32-18-16-15(12-6-8-22-9-7-12)10-31-17(16)23-11-24-18/h2-11H,1H3,(H2,25,26,27,29). The average molecular weight is 494 g/mol. The Hall–Kier alpha value is -3.61. The fourth-order valence-corrected chi connectivity index (χ4v) is 5.74. The summed E-state index contributed by atoms with van der Waals surface area (Å²) in [7, 11) is 1.59. The van der Waals surface area contributed by atoms with Crippen LogP contribution in [0, 0.1) is 0 Å². The number of urea groups is 1. The molecule has 33 heavy (non-hydrogen) atoms. The molecule has 0 atom stereocenters. The topological polar surface area (TPSA) is 115 Å². The number of thiophene rings is 1. The van der Waals surface area contributed by atoms with Crippen molar-refractivity contribution < 1.29 is 9.53 Å². The average Bonchev–Trinajstić information content (AvgIpc) is 3.47. The van der Waals surface area contributed by atoms with E-state index in [1.54, 1.807) is 61.4 Å². The second kappa shape index (κ2) is 9.48. The van der Waals surface area contributed by atoms with Gasteiger partial charge >= 0.3 is 6.03 Å². The molecule has 12 heteroatoms. The number of carbonyl (C=O) groups is 1. The van der Waals surface area contributed by atoms with Gasteiger partial charge in [-0.1, -0.05) is 11.3 Å². The summed E-state index contributed by atoms with van der Waals surface area (Å²) in [5, 5.41) is 17.9. The van der Waals surface area contributed by atoms with E-state index >= 15 is 0 Å². The first kappa shape index (κ1) is 21.2. The van der Waals surface area contributed by atoms with Crippen LogP contribution in [0.2, 0.25) is 0 Å². The lowest BCUT2D eigenvalue weighted by Gasteiger charge is -2.06. The van der Waals surface area contributed by atoms with Crippen molar-refractivity contribution in [2.24, 2.45) is 0 Å². The molecule has 5 aromatic rings. The summed E-state index contributed by atoms with van der Waals surface area (Å²) in [6, 6.07) is 10.5. The summed E-state index contributed by atoms with van der Waals surface area (Å²) >= 11 is 4.21. The Morgan fingerprint density at radius 2 is 1.85 bits per heavy atom. The van der Waals surface area contributed by atoms with Crippen molar-refractivity contribution >= 4 is 61.5 Å². The maximum Gasteiger partial charge on any atom is 0.325 e. The second-order valence-electron chi connectivity index (χ2n) is 6.53. The smallest absolute Gasteiger partial charge is 0.325 e. The Balaban J connectivity index is 1.32. The highest BCUT2D eigenvalue weighted by Gasteiger charge is 2.16. The van der Waals surface area contributed by atoms with Crippen LogP contribution in [0.4, 0.5) is 15.6 Å². The van der Waals surface area contributed by atoms with Crippen LogP contribution >= 0.6 is 34.4 Å². The molecular formula is C21H15N7O2S3. The molecular weight excluding hydrogens is 478 g/mol. The molecule has 0 aliphatic carbocycles. The van der Waals surface area contributed by atoms with Crippen LogP contribution in [-0.2, 0) is 0 Å². The Kier molecular flexibility index (Phi) is 6.11. The van der Waals surface area contributed by atoms with Gasteiger partial charge in [0, 0.05) is 29.0 Å². The number of fused-ring (bicyclic) bond motifs is 1. The first-order valence-corrected chi connectivity index (χ1v) is 12.1. The molecule has 164 valence electrons. The van der Waals surface area contributed by atoms with Crippen LogP contribution in [0.25, 0.3) is 21.3 Å². The summed E-state index contributed by atoms with van der Waals surface area (Å²) in [6.45, 7) is 0. The van der Waals surface area contributed by atoms with Crippen molar-refractivity contribution in [3.63, 3.8) is 0 Å². The minimum atomic E-state index is -0.407. The normalized spacial score (nSPS) is 10.8. The van der Waals surface area contributed by atoms with Gasteiger partial charge in [0.1, 0.15) is 21.9 Å². The number of carbonyl (C=O) groups excluding carboxylic acids is 1. The first-order valence-electron chi connectivity index (χ1n) is 9.55. The molecule has 0 fully saturated rings. The molecule has 0 saturated heterocycles. The number of nitrogens with one attached hydrogen (secondary N) is 2. The molecule has 4 aromatic heterocycles. The van der Waals surface area contributed by atoms with Crippen molar-refractivity contribution in [2.45, 2.75) is 9.37 Å². The lowest BCUT2D eigenvalue weighted by molar-refractivity contribution is 0.262. The molecule has 2 N–H and O–H groups in total. The van der Waals surface area contributed by atoms with Gasteiger partial charge in [0.2, 0.25) is 5.13 Å². The third-order valence-electron chi connectivity index (χ3n) is 4.49. The molecule has 1 aromatic carbocycles. The number of amides is 2. The zero-order valence-electron chi connectivity index (χ0n) is 17.1. The fraction of sp³-hybridized carbons (Fsp3) is 0.0476. The summed E-state index contributed by atoms with van der Waals surface area (Å²) in [4.78, 5) is 26.2. The highest BCUT2D eigenvalue weighted by atomic mass is 32.2. The van der Waals surface area contributed by atoms with Gasteiger partial charge in [-0.15, -0.1) is 21.5 Å². The van der Waals surface area contributed by atoms with E-state index in [9.17, 15) is 4.79 Å².